The number of carbonyl (C=O) groups excluding carboxylic acids is 1. The molecule has 4 aromatic rings. The summed E-state index contributed by atoms with van der Waals surface area (Å²) in [6, 6.07) is 13.3. The summed E-state index contributed by atoms with van der Waals surface area (Å²) < 4.78 is 15.9. The molecule has 0 saturated heterocycles. The van der Waals surface area contributed by atoms with Crippen LogP contribution in [0.15, 0.2) is 74.2 Å². The van der Waals surface area contributed by atoms with E-state index in [0.717, 1.165) is 26.5 Å². The van der Waals surface area contributed by atoms with Crippen LogP contribution in [0.25, 0.3) is 17.0 Å². The van der Waals surface area contributed by atoms with Crippen molar-refractivity contribution in [3.05, 3.63) is 95.2 Å². The molecular weight excluding hydrogens is 566 g/mol. The first-order valence-electron chi connectivity index (χ1n) is 12.4. The van der Waals surface area contributed by atoms with Crippen molar-refractivity contribution in [2.75, 3.05) is 13.7 Å². The van der Waals surface area contributed by atoms with Crippen molar-refractivity contribution < 1.29 is 14.3 Å². The molecule has 0 bridgehead atoms. The second-order valence-corrected chi connectivity index (χ2v) is 11.2. The second kappa shape index (κ2) is 10.4. The molecular formula is C29H28BrN3O4S. The Kier molecular flexibility index (Phi) is 7.15. The van der Waals surface area contributed by atoms with Gasteiger partial charge in [0.25, 0.3) is 5.56 Å². The predicted molar refractivity (Wildman–Crippen MR) is 153 cm³/mol. The number of allylic oxidation sites excluding steroid dienone is 1. The third kappa shape index (κ3) is 4.43. The molecule has 7 nitrogen and oxygen atoms in total. The van der Waals surface area contributed by atoms with E-state index in [9.17, 15) is 9.59 Å². The highest BCUT2D eigenvalue weighted by Gasteiger charge is 2.33. The Hall–Kier alpha value is -3.43. The van der Waals surface area contributed by atoms with Gasteiger partial charge in [0.2, 0.25) is 0 Å². The van der Waals surface area contributed by atoms with E-state index in [1.165, 1.54) is 11.3 Å². The number of fused-ring (bicyclic) bond motifs is 2. The summed E-state index contributed by atoms with van der Waals surface area (Å²) in [5, 5.41) is 1.08. The molecule has 0 amide bonds. The zero-order valence-electron chi connectivity index (χ0n) is 21.8. The van der Waals surface area contributed by atoms with Crippen molar-refractivity contribution in [2.45, 2.75) is 39.8 Å². The fourth-order valence-corrected chi connectivity index (χ4v) is 6.47. The minimum absolute atomic E-state index is 0.207. The van der Waals surface area contributed by atoms with Crippen molar-refractivity contribution in [2.24, 2.45) is 4.99 Å². The van der Waals surface area contributed by atoms with Gasteiger partial charge >= 0.3 is 5.97 Å². The van der Waals surface area contributed by atoms with Crippen molar-refractivity contribution >= 4 is 50.2 Å². The highest BCUT2D eigenvalue weighted by atomic mass is 79.9. The van der Waals surface area contributed by atoms with E-state index in [0.29, 0.717) is 26.4 Å². The summed E-state index contributed by atoms with van der Waals surface area (Å²) in [6.45, 7) is 8.04. The number of carbonyl (C=O) groups is 1. The van der Waals surface area contributed by atoms with Crippen LogP contribution >= 0.6 is 27.3 Å². The lowest BCUT2D eigenvalue weighted by atomic mass is 9.96. The smallest absolute Gasteiger partial charge is 0.338 e. The third-order valence-electron chi connectivity index (χ3n) is 6.62. The van der Waals surface area contributed by atoms with Gasteiger partial charge in [-0.05, 0) is 73.5 Å². The second-order valence-electron chi connectivity index (χ2n) is 9.30. The molecule has 0 N–H and O–H groups in total. The van der Waals surface area contributed by atoms with Crippen LogP contribution in [0.2, 0.25) is 0 Å². The Morgan fingerprint density at radius 2 is 2.00 bits per heavy atom. The highest BCUT2D eigenvalue weighted by Crippen LogP contribution is 2.35. The zero-order valence-corrected chi connectivity index (χ0v) is 24.2. The first-order chi connectivity index (χ1) is 18.2. The Morgan fingerprint density at radius 3 is 2.68 bits per heavy atom. The number of hydrogen-bond acceptors (Lipinski definition) is 6. The highest BCUT2D eigenvalue weighted by molar-refractivity contribution is 9.10. The van der Waals surface area contributed by atoms with E-state index in [-0.39, 0.29) is 18.2 Å². The van der Waals surface area contributed by atoms with E-state index in [4.69, 9.17) is 9.47 Å². The van der Waals surface area contributed by atoms with Crippen LogP contribution in [-0.2, 0) is 9.53 Å². The fourth-order valence-electron chi connectivity index (χ4n) is 4.87. The maximum Gasteiger partial charge on any atom is 0.338 e. The van der Waals surface area contributed by atoms with Crippen molar-refractivity contribution in [1.82, 2.24) is 9.13 Å². The molecule has 0 saturated carbocycles. The van der Waals surface area contributed by atoms with E-state index in [1.54, 1.807) is 25.5 Å². The molecule has 196 valence electrons. The summed E-state index contributed by atoms with van der Waals surface area (Å²) in [5.74, 6) is 0.168. The molecule has 0 unspecified atom stereocenters. The van der Waals surface area contributed by atoms with E-state index in [2.05, 4.69) is 57.7 Å². The minimum Gasteiger partial charge on any atom is -0.496 e. The van der Waals surface area contributed by atoms with Gasteiger partial charge in [0.1, 0.15) is 5.75 Å². The number of methoxy groups -OCH3 is 1. The van der Waals surface area contributed by atoms with E-state index >= 15 is 0 Å². The van der Waals surface area contributed by atoms with Crippen molar-refractivity contribution in [1.29, 1.82) is 0 Å². The maximum atomic E-state index is 14.0. The van der Waals surface area contributed by atoms with Crippen LogP contribution in [0.1, 0.15) is 50.9 Å². The molecule has 2 aromatic heterocycles. The molecule has 3 heterocycles. The number of nitrogens with zero attached hydrogens (tertiary/aromatic N) is 3. The molecule has 9 heteroatoms. The Labute approximate surface area is 232 Å². The van der Waals surface area contributed by atoms with Gasteiger partial charge in [-0.2, -0.15) is 0 Å². The monoisotopic (exact) mass is 593 g/mol. The van der Waals surface area contributed by atoms with Gasteiger partial charge in [0, 0.05) is 28.7 Å². The van der Waals surface area contributed by atoms with Gasteiger partial charge in [-0.3, -0.25) is 9.36 Å². The maximum absolute atomic E-state index is 14.0. The molecule has 0 radical (unpaired) electrons. The SMILES string of the molecule is CCOC(=O)C1=C(C)N=c2s/c(=C\c3cn(C(C)C)c4ccccc34)c(=O)n2[C@@H]1c1ccc(OC)c(Br)c1. The van der Waals surface area contributed by atoms with Gasteiger partial charge in [0.15, 0.2) is 4.80 Å². The topological polar surface area (TPSA) is 74.8 Å². The molecule has 1 aliphatic rings. The van der Waals surface area contributed by atoms with Crippen LogP contribution in [0.4, 0.5) is 0 Å². The quantitative estimate of drug-likeness (QED) is 0.291. The minimum atomic E-state index is -0.688. The number of halogens is 1. The average molecular weight is 595 g/mol. The van der Waals surface area contributed by atoms with Gasteiger partial charge in [-0.15, -0.1) is 0 Å². The molecule has 0 aliphatic carbocycles. The predicted octanol–water partition coefficient (Wildman–Crippen LogP) is 5.11. The molecule has 0 spiro atoms. The van der Waals surface area contributed by atoms with Gasteiger partial charge in [-0.25, -0.2) is 9.79 Å². The number of benzene rings is 2. The fraction of sp³-hybridized carbons (Fsp3) is 0.276. The number of esters is 1. The number of thiazole rings is 1. The standard InChI is InChI=1S/C29H28BrN3O4S/c1-6-37-28(35)25-17(4)31-29-33(26(25)18-11-12-23(36-5)21(30)13-18)27(34)24(38-29)14-19-15-32(16(2)3)22-10-8-7-9-20(19)22/h7-16,26H,6H2,1-5H3/b24-14-/t26-/m1/s1. The normalized spacial score (nSPS) is 15.7. The summed E-state index contributed by atoms with van der Waals surface area (Å²) in [5.41, 5.74) is 3.50. The van der Waals surface area contributed by atoms with Crippen LogP contribution in [-0.4, -0.2) is 28.8 Å². The van der Waals surface area contributed by atoms with Crippen molar-refractivity contribution in [3.8, 4) is 5.75 Å². The number of ether oxygens (including phenoxy) is 2. The molecule has 0 fully saturated rings. The first kappa shape index (κ1) is 26.2. The summed E-state index contributed by atoms with van der Waals surface area (Å²) >= 11 is 4.87. The lowest BCUT2D eigenvalue weighted by Gasteiger charge is -2.25. The summed E-state index contributed by atoms with van der Waals surface area (Å²) in [7, 11) is 1.59. The van der Waals surface area contributed by atoms with Crippen LogP contribution in [0.3, 0.4) is 0 Å². The lowest BCUT2D eigenvalue weighted by Crippen LogP contribution is -2.39. The first-order valence-corrected chi connectivity index (χ1v) is 14.0. The molecule has 38 heavy (non-hydrogen) atoms. The molecule has 5 rings (SSSR count). The average Bonchev–Trinajstić information content (AvgIpc) is 3.41. The van der Waals surface area contributed by atoms with Gasteiger partial charge in [-0.1, -0.05) is 35.6 Å². The van der Waals surface area contributed by atoms with Crippen LogP contribution in [0, 0.1) is 0 Å². The third-order valence-corrected chi connectivity index (χ3v) is 8.23. The number of rotatable bonds is 6. The number of hydrogen-bond donors (Lipinski definition) is 0. The van der Waals surface area contributed by atoms with E-state index in [1.807, 2.05) is 36.4 Å². The van der Waals surface area contributed by atoms with Crippen molar-refractivity contribution in [3.63, 3.8) is 0 Å². The molecule has 2 aromatic carbocycles. The number of para-hydroxylation sites is 1. The number of aromatic nitrogens is 2. The summed E-state index contributed by atoms with van der Waals surface area (Å²) in [6.07, 6.45) is 4.01. The van der Waals surface area contributed by atoms with Gasteiger partial charge in [0.05, 0.1) is 40.0 Å². The molecule has 1 aliphatic heterocycles. The van der Waals surface area contributed by atoms with Crippen LogP contribution < -0.4 is 19.6 Å². The van der Waals surface area contributed by atoms with Gasteiger partial charge < -0.3 is 14.0 Å². The lowest BCUT2D eigenvalue weighted by molar-refractivity contribution is -0.139. The van der Waals surface area contributed by atoms with Crippen LogP contribution in [0.5, 0.6) is 5.75 Å². The Bertz CT molecular complexity index is 1780. The van der Waals surface area contributed by atoms with E-state index < -0.39 is 12.0 Å². The Balaban J connectivity index is 1.75. The largest absolute Gasteiger partial charge is 0.496 e. The molecule has 1 atom stereocenters. The Morgan fingerprint density at radius 1 is 1.24 bits per heavy atom. The summed E-state index contributed by atoms with van der Waals surface area (Å²) in [4.78, 5) is 32.3. The zero-order chi connectivity index (χ0) is 27.1.